The fraction of sp³-hybridized carbons (Fsp3) is 0.269. The summed E-state index contributed by atoms with van der Waals surface area (Å²) in [4.78, 5) is 32.3. The normalized spacial score (nSPS) is 13.0. The first-order valence-corrected chi connectivity index (χ1v) is 11.8. The number of nitrogens with zero attached hydrogens (tertiary/aromatic N) is 2. The van der Waals surface area contributed by atoms with E-state index in [2.05, 4.69) is 10.3 Å². The van der Waals surface area contributed by atoms with Crippen molar-refractivity contribution in [2.24, 2.45) is 0 Å². The number of hydrogen-bond acceptors (Lipinski definition) is 6. The quantitative estimate of drug-likeness (QED) is 0.521. The Hall–Kier alpha value is -3.65. The third-order valence-corrected chi connectivity index (χ3v) is 6.77. The maximum Gasteiger partial charge on any atom is 0.261 e. The molecule has 8 heteroatoms. The van der Waals surface area contributed by atoms with E-state index in [9.17, 15) is 9.59 Å². The third kappa shape index (κ3) is 5.12. The lowest BCUT2D eigenvalue weighted by molar-refractivity contribution is -0.126. The molecule has 3 heterocycles. The first kappa shape index (κ1) is 23.5. The molecule has 0 atom stereocenters. The summed E-state index contributed by atoms with van der Waals surface area (Å²) < 4.78 is 10.6. The Balaban J connectivity index is 1.44. The molecule has 3 aromatic rings. The van der Waals surface area contributed by atoms with Gasteiger partial charge in [0.15, 0.2) is 11.5 Å². The Morgan fingerprint density at radius 2 is 2.03 bits per heavy atom. The molecule has 1 aliphatic rings. The first-order valence-electron chi connectivity index (χ1n) is 11.0. The number of hydrogen-bond donors (Lipinski definition) is 1. The van der Waals surface area contributed by atoms with Crippen LogP contribution in [0.5, 0.6) is 11.5 Å². The number of carbonyl (C=O) groups is 2. The molecule has 0 unspecified atom stereocenters. The lowest BCUT2D eigenvalue weighted by Crippen LogP contribution is -2.36. The number of amides is 2. The predicted molar refractivity (Wildman–Crippen MR) is 132 cm³/mol. The Labute approximate surface area is 203 Å². The molecule has 4 rings (SSSR count). The zero-order valence-electron chi connectivity index (χ0n) is 19.5. The van der Waals surface area contributed by atoms with E-state index in [0.717, 1.165) is 28.8 Å². The molecule has 0 spiro atoms. The Bertz CT molecular complexity index is 1220. The molecule has 2 amide bonds. The van der Waals surface area contributed by atoms with E-state index >= 15 is 0 Å². The molecule has 0 saturated heterocycles. The van der Waals surface area contributed by atoms with E-state index in [1.165, 1.54) is 16.9 Å². The first-order chi connectivity index (χ1) is 16.5. The highest BCUT2D eigenvalue weighted by Crippen LogP contribution is 2.28. The highest BCUT2D eigenvalue weighted by molar-refractivity contribution is 7.12. The largest absolute Gasteiger partial charge is 0.493 e. The zero-order chi connectivity index (χ0) is 24.1. The van der Waals surface area contributed by atoms with Crippen LogP contribution in [0.15, 0.2) is 48.0 Å². The van der Waals surface area contributed by atoms with Crippen molar-refractivity contribution in [3.05, 3.63) is 80.8 Å². The Morgan fingerprint density at radius 1 is 1.21 bits per heavy atom. The molecule has 34 heavy (non-hydrogen) atoms. The molecule has 1 N–H and O–H groups in total. The molecule has 176 valence electrons. The van der Waals surface area contributed by atoms with Crippen LogP contribution in [0.3, 0.4) is 0 Å². The van der Waals surface area contributed by atoms with Gasteiger partial charge in [-0.25, -0.2) is 0 Å². The Kier molecular flexibility index (Phi) is 7.27. The van der Waals surface area contributed by atoms with Gasteiger partial charge in [0.2, 0.25) is 5.91 Å². The molecular formula is C26H27N3O4S. The molecule has 0 saturated carbocycles. The van der Waals surface area contributed by atoms with Crippen molar-refractivity contribution in [3.8, 4) is 11.5 Å². The number of nitrogens with one attached hydrogen (secondary N) is 1. The number of thiophene rings is 1. The van der Waals surface area contributed by atoms with E-state index in [-0.39, 0.29) is 11.8 Å². The minimum absolute atomic E-state index is 0.0615. The van der Waals surface area contributed by atoms with Crippen molar-refractivity contribution in [3.63, 3.8) is 0 Å². The van der Waals surface area contributed by atoms with Gasteiger partial charge in [-0.1, -0.05) is 12.1 Å². The molecule has 0 aliphatic carbocycles. The van der Waals surface area contributed by atoms with Crippen molar-refractivity contribution in [2.75, 3.05) is 20.8 Å². The average Bonchev–Trinajstić information content (AvgIpc) is 3.41. The van der Waals surface area contributed by atoms with Crippen LogP contribution >= 0.6 is 11.3 Å². The molecule has 7 nitrogen and oxygen atoms in total. The van der Waals surface area contributed by atoms with Gasteiger partial charge in [0.05, 0.1) is 19.1 Å². The van der Waals surface area contributed by atoms with Crippen LogP contribution in [0, 0.1) is 6.92 Å². The molecule has 1 aromatic carbocycles. The van der Waals surface area contributed by atoms with Crippen LogP contribution in [-0.4, -0.2) is 42.5 Å². The maximum absolute atomic E-state index is 12.9. The maximum atomic E-state index is 12.9. The lowest BCUT2D eigenvalue weighted by Gasteiger charge is -2.30. The fourth-order valence-electron chi connectivity index (χ4n) is 4.04. The van der Waals surface area contributed by atoms with E-state index in [1.807, 2.05) is 53.7 Å². The summed E-state index contributed by atoms with van der Waals surface area (Å²) in [6.07, 6.45) is 5.92. The van der Waals surface area contributed by atoms with Gasteiger partial charge in [-0.05, 0) is 65.3 Å². The summed E-state index contributed by atoms with van der Waals surface area (Å²) >= 11 is 1.42. The zero-order valence-corrected chi connectivity index (χ0v) is 20.3. The van der Waals surface area contributed by atoms with Gasteiger partial charge >= 0.3 is 0 Å². The summed E-state index contributed by atoms with van der Waals surface area (Å²) in [5.41, 5.74) is 4.98. The highest BCUT2D eigenvalue weighted by Gasteiger charge is 2.23. The van der Waals surface area contributed by atoms with Gasteiger partial charge in [-0.2, -0.15) is 0 Å². The summed E-state index contributed by atoms with van der Waals surface area (Å²) in [6, 6.07) is 9.19. The number of pyridine rings is 1. The number of ether oxygens (including phenoxy) is 2. The SMILES string of the molecule is COc1ccc(/C=C/C(=O)N2CCc3c(cnc(C)c3CNC(=O)c3cccs3)C2)cc1OC. The van der Waals surface area contributed by atoms with E-state index < -0.39 is 0 Å². The van der Waals surface area contributed by atoms with E-state index in [0.29, 0.717) is 36.0 Å². The van der Waals surface area contributed by atoms with Gasteiger partial charge in [0.1, 0.15) is 0 Å². The summed E-state index contributed by atoms with van der Waals surface area (Å²) in [5.74, 6) is 1.11. The van der Waals surface area contributed by atoms with Crippen LogP contribution in [0.2, 0.25) is 0 Å². The van der Waals surface area contributed by atoms with Crippen molar-refractivity contribution >= 4 is 29.2 Å². The average molecular weight is 478 g/mol. The lowest BCUT2D eigenvalue weighted by atomic mass is 9.94. The standard InChI is InChI=1S/C26H27N3O4S/c1-17-21(15-28-26(31)24-5-4-12-34-24)20-10-11-29(16-19(20)14-27-17)25(30)9-7-18-6-8-22(32-2)23(13-18)33-3/h4-9,12-14H,10-11,15-16H2,1-3H3,(H,28,31)/b9-7+. The molecular weight excluding hydrogens is 450 g/mol. The second-order valence-electron chi connectivity index (χ2n) is 7.94. The van der Waals surface area contributed by atoms with Gasteiger partial charge in [0.25, 0.3) is 5.91 Å². The van der Waals surface area contributed by atoms with E-state index in [1.54, 1.807) is 26.4 Å². The topological polar surface area (TPSA) is 80.8 Å². The number of fused-ring (bicyclic) bond motifs is 1. The second kappa shape index (κ2) is 10.5. The Morgan fingerprint density at radius 3 is 2.76 bits per heavy atom. The predicted octanol–water partition coefficient (Wildman–Crippen LogP) is 4.00. The highest BCUT2D eigenvalue weighted by atomic mass is 32.1. The number of aryl methyl sites for hydroxylation is 1. The minimum atomic E-state index is -0.0834. The van der Waals surface area contributed by atoms with E-state index in [4.69, 9.17) is 9.47 Å². The summed E-state index contributed by atoms with van der Waals surface area (Å²) in [7, 11) is 3.17. The van der Waals surface area contributed by atoms with Crippen LogP contribution in [-0.2, 0) is 24.3 Å². The van der Waals surface area contributed by atoms with Crippen molar-refractivity contribution in [2.45, 2.75) is 26.4 Å². The second-order valence-corrected chi connectivity index (χ2v) is 8.89. The number of benzene rings is 1. The third-order valence-electron chi connectivity index (χ3n) is 5.90. The smallest absolute Gasteiger partial charge is 0.261 e. The summed E-state index contributed by atoms with van der Waals surface area (Å²) in [5, 5.41) is 4.89. The van der Waals surface area contributed by atoms with Crippen LogP contribution < -0.4 is 14.8 Å². The van der Waals surface area contributed by atoms with Crippen molar-refractivity contribution in [1.29, 1.82) is 0 Å². The number of rotatable bonds is 7. The number of aromatic nitrogens is 1. The van der Waals surface area contributed by atoms with Crippen LogP contribution in [0.4, 0.5) is 0 Å². The van der Waals surface area contributed by atoms with Gasteiger partial charge in [0, 0.05) is 37.6 Å². The molecule has 2 aromatic heterocycles. The van der Waals surface area contributed by atoms with Crippen LogP contribution in [0.1, 0.15) is 37.6 Å². The molecule has 1 aliphatic heterocycles. The van der Waals surface area contributed by atoms with Crippen LogP contribution in [0.25, 0.3) is 6.08 Å². The monoisotopic (exact) mass is 477 g/mol. The summed E-state index contributed by atoms with van der Waals surface area (Å²) in [6.45, 7) is 3.48. The minimum Gasteiger partial charge on any atom is -0.493 e. The molecule has 0 fully saturated rings. The molecule has 0 bridgehead atoms. The van der Waals surface area contributed by atoms with Gasteiger partial charge < -0.3 is 19.7 Å². The number of carbonyl (C=O) groups excluding carboxylic acids is 2. The van der Waals surface area contributed by atoms with Gasteiger partial charge in [-0.15, -0.1) is 11.3 Å². The van der Waals surface area contributed by atoms with Gasteiger partial charge in [-0.3, -0.25) is 14.6 Å². The van der Waals surface area contributed by atoms with Crippen molar-refractivity contribution < 1.29 is 19.1 Å². The van der Waals surface area contributed by atoms with Crippen molar-refractivity contribution in [1.82, 2.24) is 15.2 Å². The fourth-order valence-corrected chi connectivity index (χ4v) is 4.68. The molecule has 0 radical (unpaired) electrons. The number of methoxy groups -OCH3 is 2.